The van der Waals surface area contributed by atoms with Gasteiger partial charge >= 0.3 is 0 Å². The highest BCUT2D eigenvalue weighted by atomic mass is 32.1. The highest BCUT2D eigenvalue weighted by molar-refractivity contribution is 7.18. The second-order valence-corrected chi connectivity index (χ2v) is 8.86. The second-order valence-electron chi connectivity index (χ2n) is 7.79. The Labute approximate surface area is 179 Å². The molecule has 2 atom stereocenters. The SMILES string of the molecule is CC(C(=O)Nc1ccc2c(c1)OCCCO2)N1CCCC1c1nc2ccccc2s1. The Morgan fingerprint density at radius 1 is 1.17 bits per heavy atom. The molecule has 1 amide bonds. The molecule has 1 aromatic heterocycles. The lowest BCUT2D eigenvalue weighted by molar-refractivity contribution is -0.121. The number of thiazole rings is 1. The maximum atomic E-state index is 13.0. The number of carbonyl (C=O) groups excluding carboxylic acids is 1. The number of hydrogen-bond acceptors (Lipinski definition) is 6. The number of nitrogens with zero attached hydrogens (tertiary/aromatic N) is 2. The fraction of sp³-hybridized carbons (Fsp3) is 0.391. The van der Waals surface area contributed by atoms with Crippen molar-refractivity contribution in [2.45, 2.75) is 38.3 Å². The van der Waals surface area contributed by atoms with Crippen molar-refractivity contribution < 1.29 is 14.3 Å². The minimum atomic E-state index is -0.250. The lowest BCUT2D eigenvalue weighted by atomic mass is 10.2. The van der Waals surface area contributed by atoms with Crippen LogP contribution in [0.3, 0.4) is 0 Å². The maximum Gasteiger partial charge on any atom is 0.241 e. The molecule has 0 radical (unpaired) electrons. The highest BCUT2D eigenvalue weighted by Crippen LogP contribution is 2.38. The Balaban J connectivity index is 1.31. The van der Waals surface area contributed by atoms with E-state index in [1.807, 2.05) is 37.3 Å². The van der Waals surface area contributed by atoms with Gasteiger partial charge in [0, 0.05) is 18.2 Å². The van der Waals surface area contributed by atoms with E-state index in [4.69, 9.17) is 14.5 Å². The van der Waals surface area contributed by atoms with Crippen molar-refractivity contribution in [2.24, 2.45) is 0 Å². The summed E-state index contributed by atoms with van der Waals surface area (Å²) in [6.07, 6.45) is 2.96. The predicted octanol–water partition coefficient (Wildman–Crippen LogP) is 4.62. The fourth-order valence-electron chi connectivity index (χ4n) is 4.19. The molecule has 1 fully saturated rings. The Bertz CT molecular complexity index is 1030. The third kappa shape index (κ3) is 3.75. The van der Waals surface area contributed by atoms with Crippen molar-refractivity contribution >= 4 is 33.1 Å². The van der Waals surface area contributed by atoms with Gasteiger partial charge in [0.25, 0.3) is 0 Å². The first-order chi connectivity index (χ1) is 14.7. The van der Waals surface area contributed by atoms with Crippen LogP contribution in [0.5, 0.6) is 11.5 Å². The van der Waals surface area contributed by atoms with Crippen molar-refractivity contribution in [1.29, 1.82) is 0 Å². The van der Waals surface area contributed by atoms with Gasteiger partial charge in [-0.15, -0.1) is 11.3 Å². The molecule has 30 heavy (non-hydrogen) atoms. The summed E-state index contributed by atoms with van der Waals surface area (Å²) in [5, 5.41) is 4.16. The van der Waals surface area contributed by atoms with Gasteiger partial charge in [-0.1, -0.05) is 12.1 Å². The molecular formula is C23H25N3O3S. The lowest BCUT2D eigenvalue weighted by Crippen LogP contribution is -2.41. The average Bonchev–Trinajstić information content (AvgIpc) is 3.34. The molecule has 3 heterocycles. The zero-order chi connectivity index (χ0) is 20.5. The normalized spacial score (nSPS) is 20.1. The lowest BCUT2D eigenvalue weighted by Gasteiger charge is -2.28. The summed E-state index contributed by atoms with van der Waals surface area (Å²) in [5.74, 6) is 1.40. The van der Waals surface area contributed by atoms with Gasteiger partial charge in [-0.25, -0.2) is 4.98 Å². The van der Waals surface area contributed by atoms with Crippen LogP contribution in [-0.2, 0) is 4.79 Å². The summed E-state index contributed by atoms with van der Waals surface area (Å²) in [6.45, 7) is 4.15. The Morgan fingerprint density at radius 2 is 2.00 bits per heavy atom. The number of likely N-dealkylation sites (tertiary alicyclic amines) is 1. The Hall–Kier alpha value is -2.64. The van der Waals surface area contributed by atoms with Crippen LogP contribution < -0.4 is 14.8 Å². The molecule has 2 unspecified atom stereocenters. The highest BCUT2D eigenvalue weighted by Gasteiger charge is 2.35. The minimum Gasteiger partial charge on any atom is -0.490 e. The van der Waals surface area contributed by atoms with E-state index in [9.17, 15) is 4.79 Å². The average molecular weight is 424 g/mol. The molecule has 0 saturated carbocycles. The molecule has 1 saturated heterocycles. The van der Waals surface area contributed by atoms with Gasteiger partial charge in [-0.3, -0.25) is 9.69 Å². The number of aromatic nitrogens is 1. The molecule has 1 N–H and O–H groups in total. The van der Waals surface area contributed by atoms with Gasteiger partial charge < -0.3 is 14.8 Å². The molecule has 0 spiro atoms. The Morgan fingerprint density at radius 3 is 2.87 bits per heavy atom. The van der Waals surface area contributed by atoms with Crippen molar-refractivity contribution in [3.05, 3.63) is 47.5 Å². The van der Waals surface area contributed by atoms with Gasteiger partial charge in [-0.2, -0.15) is 0 Å². The summed E-state index contributed by atoms with van der Waals surface area (Å²) in [4.78, 5) is 20.2. The van der Waals surface area contributed by atoms with E-state index >= 15 is 0 Å². The molecule has 2 aliphatic heterocycles. The van der Waals surface area contributed by atoms with Crippen molar-refractivity contribution in [3.8, 4) is 11.5 Å². The molecule has 2 aliphatic rings. The number of anilines is 1. The monoisotopic (exact) mass is 423 g/mol. The van der Waals surface area contributed by atoms with Crippen LogP contribution in [0.25, 0.3) is 10.2 Å². The van der Waals surface area contributed by atoms with Gasteiger partial charge in [0.15, 0.2) is 11.5 Å². The van der Waals surface area contributed by atoms with Gasteiger partial charge in [-0.05, 0) is 50.6 Å². The minimum absolute atomic E-state index is 0.0162. The van der Waals surface area contributed by atoms with Crippen molar-refractivity contribution in [1.82, 2.24) is 9.88 Å². The van der Waals surface area contributed by atoms with Gasteiger partial charge in [0.1, 0.15) is 5.01 Å². The van der Waals surface area contributed by atoms with Crippen LogP contribution in [0.4, 0.5) is 5.69 Å². The van der Waals surface area contributed by atoms with Crippen LogP contribution in [0, 0.1) is 0 Å². The summed E-state index contributed by atoms with van der Waals surface area (Å²) >= 11 is 1.73. The summed E-state index contributed by atoms with van der Waals surface area (Å²) in [5.41, 5.74) is 1.76. The van der Waals surface area contributed by atoms with E-state index < -0.39 is 0 Å². The second kappa shape index (κ2) is 8.24. The number of nitrogens with one attached hydrogen (secondary N) is 1. The predicted molar refractivity (Wildman–Crippen MR) is 118 cm³/mol. The van der Waals surface area contributed by atoms with E-state index in [-0.39, 0.29) is 18.0 Å². The van der Waals surface area contributed by atoms with E-state index in [1.54, 1.807) is 11.3 Å². The van der Waals surface area contributed by atoms with Crippen LogP contribution in [-0.4, -0.2) is 41.6 Å². The van der Waals surface area contributed by atoms with E-state index in [1.165, 1.54) is 4.70 Å². The van der Waals surface area contributed by atoms with E-state index in [2.05, 4.69) is 22.3 Å². The number of carbonyl (C=O) groups is 1. The number of ether oxygens (including phenoxy) is 2. The largest absolute Gasteiger partial charge is 0.490 e. The van der Waals surface area contributed by atoms with Crippen LogP contribution in [0.2, 0.25) is 0 Å². The molecule has 5 rings (SSSR count). The maximum absolute atomic E-state index is 13.0. The van der Waals surface area contributed by atoms with Crippen LogP contribution in [0.1, 0.15) is 37.2 Å². The summed E-state index contributed by atoms with van der Waals surface area (Å²) in [7, 11) is 0. The molecule has 156 valence electrons. The molecule has 0 aliphatic carbocycles. The number of hydrogen-bond donors (Lipinski definition) is 1. The number of amides is 1. The zero-order valence-electron chi connectivity index (χ0n) is 17.0. The molecule has 2 aromatic carbocycles. The molecule has 3 aromatic rings. The zero-order valence-corrected chi connectivity index (χ0v) is 17.8. The summed E-state index contributed by atoms with van der Waals surface area (Å²) < 4.78 is 12.6. The molecular weight excluding hydrogens is 398 g/mol. The number of fused-ring (bicyclic) bond motifs is 2. The van der Waals surface area contributed by atoms with Gasteiger partial charge in [0.05, 0.1) is 35.5 Å². The third-order valence-corrected chi connectivity index (χ3v) is 6.92. The van der Waals surface area contributed by atoms with E-state index in [0.29, 0.717) is 19.0 Å². The number of benzene rings is 2. The van der Waals surface area contributed by atoms with E-state index in [0.717, 1.165) is 47.8 Å². The van der Waals surface area contributed by atoms with Gasteiger partial charge in [0.2, 0.25) is 5.91 Å². The van der Waals surface area contributed by atoms with Crippen LogP contribution in [0.15, 0.2) is 42.5 Å². The molecule has 0 bridgehead atoms. The Kier molecular flexibility index (Phi) is 5.31. The number of para-hydroxylation sites is 1. The molecule has 7 heteroatoms. The quantitative estimate of drug-likeness (QED) is 0.663. The van der Waals surface area contributed by atoms with Crippen LogP contribution >= 0.6 is 11.3 Å². The third-order valence-electron chi connectivity index (χ3n) is 5.78. The topological polar surface area (TPSA) is 63.7 Å². The summed E-state index contributed by atoms with van der Waals surface area (Å²) in [6, 6.07) is 13.7. The first-order valence-corrected chi connectivity index (χ1v) is 11.3. The molecule has 6 nitrogen and oxygen atoms in total. The number of rotatable bonds is 4. The standard InChI is InChI=1S/C23H25N3O3S/c1-15(22(27)24-16-9-10-19-20(14-16)29-13-5-12-28-19)26-11-4-7-18(26)23-25-17-6-2-3-8-21(17)30-23/h2-3,6,8-10,14-15,18H,4-5,7,11-13H2,1H3,(H,24,27). The van der Waals surface area contributed by atoms with Crippen molar-refractivity contribution in [3.63, 3.8) is 0 Å². The first-order valence-electron chi connectivity index (χ1n) is 10.5. The fourth-order valence-corrected chi connectivity index (χ4v) is 5.31. The first kappa shape index (κ1) is 19.3. The van der Waals surface area contributed by atoms with Crippen molar-refractivity contribution in [2.75, 3.05) is 25.1 Å². The smallest absolute Gasteiger partial charge is 0.241 e.